The topological polar surface area (TPSA) is 151 Å². The van der Waals surface area contributed by atoms with E-state index in [0.29, 0.717) is 11.2 Å². The Balaban J connectivity index is 1.64. The summed E-state index contributed by atoms with van der Waals surface area (Å²) >= 11 is 0. The van der Waals surface area contributed by atoms with Gasteiger partial charge in [0.2, 0.25) is 0 Å². The van der Waals surface area contributed by atoms with Crippen LogP contribution in [-0.4, -0.2) is 69.8 Å². The summed E-state index contributed by atoms with van der Waals surface area (Å²) < 4.78 is 18.8. The predicted molar refractivity (Wildman–Crippen MR) is 126 cm³/mol. The molecule has 0 saturated carbocycles. The van der Waals surface area contributed by atoms with E-state index in [1.807, 2.05) is 30.3 Å². The highest BCUT2D eigenvalue weighted by Gasteiger charge is 2.58. The predicted octanol–water partition coefficient (Wildman–Crippen LogP) is 1.07. The van der Waals surface area contributed by atoms with Gasteiger partial charge in [0.1, 0.15) is 30.7 Å². The standard InChI is InChI=1S/C24H27N5O6/c1-3-19(30)34-21-17(12-33-20(31)11-15-7-5-4-6-8-15)35-24(13-26-2,22(21)32)18-10-9-16-23(25)27-14-28-29(16)18/h4-10,13-14,17,21-22,32H,3,11-12H2,1-2H3,(H2,25,27,28)/b26-13-/t17-,21-,22-,24+/m1/s1. The van der Waals surface area contributed by atoms with Crippen molar-refractivity contribution in [3.05, 3.63) is 60.0 Å². The van der Waals surface area contributed by atoms with E-state index in [9.17, 15) is 14.7 Å². The first-order valence-electron chi connectivity index (χ1n) is 11.2. The molecular formula is C24H27N5O6. The highest BCUT2D eigenvalue weighted by molar-refractivity contribution is 5.76. The Labute approximate surface area is 201 Å². The van der Waals surface area contributed by atoms with Crippen molar-refractivity contribution < 1.29 is 28.9 Å². The molecule has 11 heteroatoms. The number of anilines is 1. The lowest BCUT2D eigenvalue weighted by Gasteiger charge is -2.28. The number of nitrogens with zero attached hydrogens (tertiary/aromatic N) is 4. The SMILES string of the molecule is CCC(=O)O[C@H]1[C@@H](O)[C@](/C=N\C)(c2ccc3c(N)ncnn23)O[C@@H]1COC(=O)Cc1ccccc1. The average molecular weight is 482 g/mol. The Hall–Kier alpha value is -3.83. The first-order valence-corrected chi connectivity index (χ1v) is 11.2. The van der Waals surface area contributed by atoms with Gasteiger partial charge in [0.05, 0.1) is 12.1 Å². The maximum absolute atomic E-state index is 12.5. The smallest absolute Gasteiger partial charge is 0.310 e. The normalized spacial score (nSPS) is 24.1. The van der Waals surface area contributed by atoms with Crippen LogP contribution in [-0.2, 0) is 35.8 Å². The van der Waals surface area contributed by atoms with Crippen LogP contribution in [0.2, 0.25) is 0 Å². The number of nitrogens with two attached hydrogens (primary N) is 1. The Kier molecular flexibility index (Phi) is 7.08. The minimum Gasteiger partial charge on any atom is -0.463 e. The molecule has 4 atom stereocenters. The molecule has 0 spiro atoms. The number of carbonyl (C=O) groups excluding carboxylic acids is 2. The van der Waals surface area contributed by atoms with Gasteiger partial charge in [-0.1, -0.05) is 37.3 Å². The second-order valence-electron chi connectivity index (χ2n) is 8.10. The zero-order valence-electron chi connectivity index (χ0n) is 19.4. The van der Waals surface area contributed by atoms with Crippen LogP contribution in [0.3, 0.4) is 0 Å². The van der Waals surface area contributed by atoms with E-state index in [1.54, 1.807) is 19.1 Å². The van der Waals surface area contributed by atoms with Crippen LogP contribution >= 0.6 is 0 Å². The van der Waals surface area contributed by atoms with Gasteiger partial charge in [-0.3, -0.25) is 14.6 Å². The summed E-state index contributed by atoms with van der Waals surface area (Å²) in [7, 11) is 1.53. The van der Waals surface area contributed by atoms with Crippen LogP contribution in [0, 0.1) is 0 Å². The van der Waals surface area contributed by atoms with Gasteiger partial charge >= 0.3 is 11.9 Å². The summed E-state index contributed by atoms with van der Waals surface area (Å²) in [4.78, 5) is 32.7. The monoisotopic (exact) mass is 481 g/mol. The molecule has 35 heavy (non-hydrogen) atoms. The van der Waals surface area contributed by atoms with Crippen LogP contribution in [0.5, 0.6) is 0 Å². The van der Waals surface area contributed by atoms with Gasteiger partial charge in [-0.15, -0.1) is 0 Å². The summed E-state index contributed by atoms with van der Waals surface area (Å²) in [5.41, 5.74) is 6.10. The second kappa shape index (κ2) is 10.2. The summed E-state index contributed by atoms with van der Waals surface area (Å²) in [5.74, 6) is -0.776. The van der Waals surface area contributed by atoms with Crippen LogP contribution in [0.25, 0.3) is 5.52 Å². The molecule has 1 aliphatic heterocycles. The van der Waals surface area contributed by atoms with Gasteiger partial charge in [-0.2, -0.15) is 5.10 Å². The number of aliphatic hydroxyl groups excluding tert-OH is 1. The fourth-order valence-electron chi connectivity index (χ4n) is 4.15. The van der Waals surface area contributed by atoms with E-state index in [4.69, 9.17) is 19.9 Å². The number of nitrogen functional groups attached to an aromatic ring is 1. The molecule has 1 aliphatic rings. The number of benzene rings is 1. The Morgan fingerprint density at radius 2 is 2.03 bits per heavy atom. The van der Waals surface area contributed by atoms with Crippen LogP contribution in [0.4, 0.5) is 5.82 Å². The van der Waals surface area contributed by atoms with Gasteiger partial charge in [0.25, 0.3) is 0 Å². The first kappa shape index (κ1) is 24.3. The molecule has 0 radical (unpaired) electrons. The summed E-state index contributed by atoms with van der Waals surface area (Å²) in [6.45, 7) is 1.39. The molecule has 3 heterocycles. The van der Waals surface area contributed by atoms with Gasteiger partial charge in [0.15, 0.2) is 17.5 Å². The third-order valence-electron chi connectivity index (χ3n) is 5.82. The number of aromatic nitrogens is 3. The molecule has 1 saturated heterocycles. The quantitative estimate of drug-likeness (QED) is 0.356. The zero-order chi connectivity index (χ0) is 25.0. The third kappa shape index (κ3) is 4.73. The van der Waals surface area contributed by atoms with Crippen molar-refractivity contribution in [3.63, 3.8) is 0 Å². The Bertz CT molecular complexity index is 1230. The molecule has 0 unspecified atom stereocenters. The summed E-state index contributed by atoms with van der Waals surface area (Å²) in [6, 6.07) is 12.5. The first-order chi connectivity index (χ1) is 16.9. The number of ether oxygens (including phenoxy) is 3. The molecule has 3 N–H and O–H groups in total. The third-order valence-corrected chi connectivity index (χ3v) is 5.82. The number of fused-ring (bicyclic) bond motifs is 1. The molecule has 3 aromatic rings. The van der Waals surface area contributed by atoms with Crippen molar-refractivity contribution in [2.24, 2.45) is 4.99 Å². The molecule has 11 nitrogen and oxygen atoms in total. The lowest BCUT2D eigenvalue weighted by molar-refractivity contribution is -0.159. The van der Waals surface area contributed by atoms with E-state index in [0.717, 1.165) is 5.56 Å². The van der Waals surface area contributed by atoms with Crippen molar-refractivity contribution in [2.45, 2.75) is 43.7 Å². The molecule has 4 rings (SSSR count). The highest BCUT2D eigenvalue weighted by Crippen LogP contribution is 2.41. The largest absolute Gasteiger partial charge is 0.463 e. The number of aliphatic imine (C=N–C) groups is 1. The maximum atomic E-state index is 12.5. The number of carbonyl (C=O) groups is 2. The van der Waals surface area contributed by atoms with Crippen molar-refractivity contribution in [1.29, 1.82) is 0 Å². The summed E-state index contributed by atoms with van der Waals surface area (Å²) in [6.07, 6.45) is -0.628. The molecule has 0 bridgehead atoms. The van der Waals surface area contributed by atoms with Crippen LogP contribution < -0.4 is 5.73 Å². The van der Waals surface area contributed by atoms with Crippen LogP contribution in [0.1, 0.15) is 24.6 Å². The molecule has 0 aliphatic carbocycles. The van der Waals surface area contributed by atoms with E-state index >= 15 is 0 Å². The highest BCUT2D eigenvalue weighted by atomic mass is 16.6. The molecule has 0 amide bonds. The maximum Gasteiger partial charge on any atom is 0.310 e. The number of esters is 2. The Morgan fingerprint density at radius 3 is 2.74 bits per heavy atom. The molecule has 184 valence electrons. The lowest BCUT2D eigenvalue weighted by Crippen LogP contribution is -2.45. The van der Waals surface area contributed by atoms with Crippen LogP contribution in [0.15, 0.2) is 53.8 Å². The van der Waals surface area contributed by atoms with E-state index in [1.165, 1.54) is 24.1 Å². The fourth-order valence-corrected chi connectivity index (χ4v) is 4.15. The molecular weight excluding hydrogens is 454 g/mol. The van der Waals surface area contributed by atoms with Gasteiger partial charge in [0, 0.05) is 19.7 Å². The van der Waals surface area contributed by atoms with E-state index < -0.39 is 35.9 Å². The van der Waals surface area contributed by atoms with Crippen molar-refractivity contribution >= 4 is 29.5 Å². The van der Waals surface area contributed by atoms with E-state index in [2.05, 4.69) is 15.1 Å². The zero-order valence-corrected chi connectivity index (χ0v) is 19.4. The number of aliphatic hydroxyl groups is 1. The van der Waals surface area contributed by atoms with Gasteiger partial charge in [-0.05, 0) is 17.7 Å². The molecule has 2 aromatic heterocycles. The van der Waals surface area contributed by atoms with Gasteiger partial charge < -0.3 is 25.1 Å². The second-order valence-corrected chi connectivity index (χ2v) is 8.10. The minimum atomic E-state index is -1.56. The van der Waals surface area contributed by atoms with Crippen molar-refractivity contribution in [3.8, 4) is 0 Å². The van der Waals surface area contributed by atoms with E-state index in [-0.39, 0.29) is 25.3 Å². The van der Waals surface area contributed by atoms with Crippen molar-refractivity contribution in [1.82, 2.24) is 14.6 Å². The number of rotatable bonds is 8. The minimum absolute atomic E-state index is 0.0661. The van der Waals surface area contributed by atoms with Gasteiger partial charge in [-0.25, -0.2) is 9.50 Å². The average Bonchev–Trinajstić information content (AvgIpc) is 3.40. The lowest BCUT2D eigenvalue weighted by atomic mass is 9.92. The summed E-state index contributed by atoms with van der Waals surface area (Å²) in [5, 5.41) is 15.7. The number of hydrogen-bond donors (Lipinski definition) is 2. The fraction of sp³-hybridized carbons (Fsp3) is 0.375. The molecule has 1 fully saturated rings. The molecule has 1 aromatic carbocycles. The Morgan fingerprint density at radius 1 is 1.26 bits per heavy atom. The number of hydrogen-bond acceptors (Lipinski definition) is 10. The van der Waals surface area contributed by atoms with Crippen molar-refractivity contribution in [2.75, 3.05) is 19.4 Å².